The monoisotopic (exact) mass is 284 g/mol. The maximum absolute atomic E-state index is 12.0. The molecule has 5 heteroatoms. The van der Waals surface area contributed by atoms with Crippen molar-refractivity contribution in [2.24, 2.45) is 17.3 Å². The second-order valence-electron chi connectivity index (χ2n) is 7.16. The van der Waals surface area contributed by atoms with Crippen molar-refractivity contribution < 1.29 is 14.7 Å². The summed E-state index contributed by atoms with van der Waals surface area (Å²) in [5.41, 5.74) is 0.0889. The van der Waals surface area contributed by atoms with Crippen molar-refractivity contribution in [2.45, 2.75) is 46.5 Å². The zero-order valence-corrected chi connectivity index (χ0v) is 13.1. The van der Waals surface area contributed by atoms with Crippen LogP contribution in [-0.2, 0) is 4.79 Å². The van der Waals surface area contributed by atoms with E-state index < -0.39 is 5.97 Å². The van der Waals surface area contributed by atoms with Crippen LogP contribution in [-0.4, -0.2) is 42.1 Å². The molecule has 0 unspecified atom stereocenters. The number of carboxylic acids is 1. The van der Waals surface area contributed by atoms with Gasteiger partial charge in [-0.05, 0) is 37.0 Å². The van der Waals surface area contributed by atoms with Crippen LogP contribution in [0.15, 0.2) is 0 Å². The quantitative estimate of drug-likeness (QED) is 0.833. The highest BCUT2D eigenvalue weighted by Gasteiger charge is 2.26. The van der Waals surface area contributed by atoms with Crippen molar-refractivity contribution in [1.29, 1.82) is 0 Å². The fourth-order valence-corrected chi connectivity index (χ4v) is 2.76. The Morgan fingerprint density at radius 3 is 2.20 bits per heavy atom. The van der Waals surface area contributed by atoms with Crippen molar-refractivity contribution in [3.8, 4) is 0 Å². The van der Waals surface area contributed by atoms with Crippen molar-refractivity contribution in [3.05, 3.63) is 0 Å². The predicted octanol–water partition coefficient (Wildman–Crippen LogP) is 2.56. The summed E-state index contributed by atoms with van der Waals surface area (Å²) in [7, 11) is 1.81. The van der Waals surface area contributed by atoms with Crippen LogP contribution in [0.2, 0.25) is 0 Å². The molecule has 5 nitrogen and oxygen atoms in total. The number of nitrogens with one attached hydrogen (secondary N) is 1. The van der Waals surface area contributed by atoms with E-state index >= 15 is 0 Å². The van der Waals surface area contributed by atoms with Crippen LogP contribution in [0.5, 0.6) is 0 Å². The average molecular weight is 284 g/mol. The minimum atomic E-state index is -0.683. The lowest BCUT2D eigenvalue weighted by Crippen LogP contribution is -2.43. The summed E-state index contributed by atoms with van der Waals surface area (Å²) in [6.07, 6.45) is 3.24. The van der Waals surface area contributed by atoms with Gasteiger partial charge in [0.05, 0.1) is 5.92 Å². The summed E-state index contributed by atoms with van der Waals surface area (Å²) >= 11 is 0. The molecule has 2 N–H and O–H groups in total. The molecule has 1 saturated carbocycles. The molecule has 0 aromatic heterocycles. The van der Waals surface area contributed by atoms with E-state index in [4.69, 9.17) is 5.11 Å². The maximum Gasteiger partial charge on any atom is 0.317 e. The van der Waals surface area contributed by atoms with Crippen LogP contribution >= 0.6 is 0 Å². The Morgan fingerprint density at radius 2 is 1.75 bits per heavy atom. The Kier molecular flexibility index (Phi) is 5.84. The lowest BCUT2D eigenvalue weighted by Gasteiger charge is -2.29. The van der Waals surface area contributed by atoms with E-state index in [1.54, 1.807) is 4.90 Å². The van der Waals surface area contributed by atoms with Gasteiger partial charge in [0.15, 0.2) is 0 Å². The van der Waals surface area contributed by atoms with E-state index in [0.717, 1.165) is 25.7 Å². The maximum atomic E-state index is 12.0. The van der Waals surface area contributed by atoms with Gasteiger partial charge >= 0.3 is 12.0 Å². The van der Waals surface area contributed by atoms with E-state index in [0.29, 0.717) is 19.0 Å². The number of carbonyl (C=O) groups excluding carboxylic acids is 1. The molecular weight excluding hydrogens is 256 g/mol. The molecule has 0 aromatic carbocycles. The molecule has 0 aromatic rings. The third-order valence-corrected chi connectivity index (χ3v) is 3.80. The number of rotatable bonds is 4. The lowest BCUT2D eigenvalue weighted by molar-refractivity contribution is -0.143. The van der Waals surface area contributed by atoms with Gasteiger partial charge in [0, 0.05) is 20.1 Å². The number of urea groups is 1. The van der Waals surface area contributed by atoms with Gasteiger partial charge in [0.1, 0.15) is 0 Å². The molecule has 0 aliphatic heterocycles. The molecule has 0 heterocycles. The van der Waals surface area contributed by atoms with Gasteiger partial charge in [-0.3, -0.25) is 4.79 Å². The van der Waals surface area contributed by atoms with Gasteiger partial charge in [0.25, 0.3) is 0 Å². The molecule has 0 atom stereocenters. The van der Waals surface area contributed by atoms with Gasteiger partial charge < -0.3 is 15.3 Å². The van der Waals surface area contributed by atoms with Crippen molar-refractivity contribution in [3.63, 3.8) is 0 Å². The Hall–Kier alpha value is -1.26. The fourth-order valence-electron chi connectivity index (χ4n) is 2.76. The predicted molar refractivity (Wildman–Crippen MR) is 78.6 cm³/mol. The third kappa shape index (κ3) is 5.80. The first-order valence-corrected chi connectivity index (χ1v) is 7.41. The number of hydrogen-bond acceptors (Lipinski definition) is 2. The first-order chi connectivity index (χ1) is 9.19. The van der Waals surface area contributed by atoms with Crippen molar-refractivity contribution >= 4 is 12.0 Å². The lowest BCUT2D eigenvalue weighted by atomic mass is 9.82. The first-order valence-electron chi connectivity index (χ1n) is 7.41. The minimum Gasteiger partial charge on any atom is -0.481 e. The average Bonchev–Trinajstić information content (AvgIpc) is 2.34. The molecule has 1 rings (SSSR count). The summed E-state index contributed by atoms with van der Waals surface area (Å²) in [4.78, 5) is 24.5. The highest BCUT2D eigenvalue weighted by Crippen LogP contribution is 2.28. The molecule has 1 fully saturated rings. The highest BCUT2D eigenvalue weighted by atomic mass is 16.4. The fraction of sp³-hybridized carbons (Fsp3) is 0.867. The van der Waals surface area contributed by atoms with E-state index in [9.17, 15) is 9.59 Å². The number of hydrogen-bond donors (Lipinski definition) is 2. The van der Waals surface area contributed by atoms with Crippen LogP contribution < -0.4 is 5.32 Å². The molecular formula is C15H28N2O3. The number of aliphatic carboxylic acids is 1. The topological polar surface area (TPSA) is 69.6 Å². The Balaban J connectivity index is 2.27. The number of nitrogens with zero attached hydrogens (tertiary/aromatic N) is 1. The largest absolute Gasteiger partial charge is 0.481 e. The normalized spacial score (nSPS) is 23.2. The summed E-state index contributed by atoms with van der Waals surface area (Å²) in [5, 5.41) is 11.9. The molecule has 0 bridgehead atoms. The summed E-state index contributed by atoms with van der Waals surface area (Å²) < 4.78 is 0. The standard InChI is InChI=1S/C15H28N2O3/c1-15(2,3)10-17(4)14(20)16-9-11-5-7-12(8-6-11)13(18)19/h11-12H,5-10H2,1-4H3,(H,16,20)(H,18,19). The van der Waals surface area contributed by atoms with E-state index in [2.05, 4.69) is 26.1 Å². The molecule has 20 heavy (non-hydrogen) atoms. The minimum absolute atomic E-state index is 0.0414. The zero-order valence-electron chi connectivity index (χ0n) is 13.1. The number of carbonyl (C=O) groups is 2. The van der Waals surface area contributed by atoms with Gasteiger partial charge in [-0.15, -0.1) is 0 Å². The van der Waals surface area contributed by atoms with Gasteiger partial charge in [-0.2, -0.15) is 0 Å². The van der Waals surface area contributed by atoms with Crippen LogP contribution in [0.4, 0.5) is 4.79 Å². The number of amides is 2. The van der Waals surface area contributed by atoms with Crippen LogP contribution in [0.1, 0.15) is 46.5 Å². The van der Waals surface area contributed by atoms with Crippen LogP contribution in [0.25, 0.3) is 0 Å². The molecule has 0 saturated heterocycles. The summed E-state index contributed by atoms with van der Waals surface area (Å²) in [6, 6.07) is -0.0414. The Bertz CT molecular complexity index is 342. The highest BCUT2D eigenvalue weighted by molar-refractivity contribution is 5.73. The van der Waals surface area contributed by atoms with Gasteiger partial charge in [-0.25, -0.2) is 4.79 Å². The van der Waals surface area contributed by atoms with E-state index in [-0.39, 0.29) is 17.4 Å². The van der Waals surface area contributed by atoms with Crippen molar-refractivity contribution in [1.82, 2.24) is 10.2 Å². The van der Waals surface area contributed by atoms with Gasteiger partial charge in [-0.1, -0.05) is 20.8 Å². The molecule has 0 radical (unpaired) electrons. The van der Waals surface area contributed by atoms with Crippen molar-refractivity contribution in [2.75, 3.05) is 20.1 Å². The summed E-state index contributed by atoms with van der Waals surface area (Å²) in [5.74, 6) is -0.458. The molecule has 1 aliphatic rings. The third-order valence-electron chi connectivity index (χ3n) is 3.80. The van der Waals surface area contributed by atoms with Gasteiger partial charge in [0.2, 0.25) is 0 Å². The molecule has 116 valence electrons. The Morgan fingerprint density at radius 1 is 1.20 bits per heavy atom. The molecule has 1 aliphatic carbocycles. The second-order valence-corrected chi connectivity index (χ2v) is 7.16. The van der Waals surface area contributed by atoms with E-state index in [1.807, 2.05) is 7.05 Å². The van der Waals surface area contributed by atoms with E-state index in [1.165, 1.54) is 0 Å². The SMILES string of the molecule is CN(CC(C)(C)C)C(=O)NCC1CCC(C(=O)O)CC1. The smallest absolute Gasteiger partial charge is 0.317 e. The molecule has 0 spiro atoms. The Labute approximate surface area is 121 Å². The number of carboxylic acid groups (broad SMARTS) is 1. The van der Waals surface area contributed by atoms with Crippen LogP contribution in [0, 0.1) is 17.3 Å². The molecule has 2 amide bonds. The zero-order chi connectivity index (χ0) is 15.3. The summed E-state index contributed by atoms with van der Waals surface area (Å²) in [6.45, 7) is 7.67. The first kappa shape index (κ1) is 16.8. The van der Waals surface area contributed by atoms with Crippen LogP contribution in [0.3, 0.4) is 0 Å². The second kappa shape index (κ2) is 6.95.